The summed E-state index contributed by atoms with van der Waals surface area (Å²) in [6.07, 6.45) is 2.91. The van der Waals surface area contributed by atoms with Gasteiger partial charge >= 0.3 is 6.09 Å². The van der Waals surface area contributed by atoms with Crippen LogP contribution in [0.3, 0.4) is 0 Å². The summed E-state index contributed by atoms with van der Waals surface area (Å²) in [6.45, 7) is 7.74. The number of ether oxygens (including phenoxy) is 3. The number of sulfonamides is 1. The first-order valence-corrected chi connectivity index (χ1v) is 21.6. The quantitative estimate of drug-likeness (QED) is 0.312. The molecule has 2 aromatic carbocycles. The van der Waals surface area contributed by atoms with Crippen LogP contribution in [0.2, 0.25) is 0 Å². The number of hydrogen-bond donors (Lipinski definition) is 3. The average molecular weight is 802 g/mol. The highest BCUT2D eigenvalue weighted by atomic mass is 32.2. The fourth-order valence-electron chi connectivity index (χ4n) is 8.41. The highest BCUT2D eigenvalue weighted by Gasteiger charge is 2.62. The van der Waals surface area contributed by atoms with Crippen LogP contribution in [-0.4, -0.2) is 90.9 Å². The van der Waals surface area contributed by atoms with E-state index < -0.39 is 68.2 Å². The maximum absolute atomic E-state index is 14.8. The van der Waals surface area contributed by atoms with E-state index in [0.717, 1.165) is 35.7 Å². The van der Waals surface area contributed by atoms with Crippen molar-refractivity contribution in [1.82, 2.24) is 25.2 Å². The zero-order chi connectivity index (χ0) is 40.3. The SMILES string of the molecule is CC[C@@H]1CC1(NC(=O)[C@@H]1CC2CN1C(=O)[C@H](C(C)(C)C)NC(=O)OCC1(CCC1)COc1cccc(c1)-c1nc3ccccc3cc1O2)C(=O)NS(=O)(=O)C1CC1. The number of carbonyl (C=O) groups is 4. The largest absolute Gasteiger partial charge is 0.493 e. The van der Waals surface area contributed by atoms with E-state index in [4.69, 9.17) is 19.2 Å². The van der Waals surface area contributed by atoms with Crippen molar-refractivity contribution in [2.75, 3.05) is 19.8 Å². The van der Waals surface area contributed by atoms with Crippen molar-refractivity contribution in [3.63, 3.8) is 0 Å². The van der Waals surface area contributed by atoms with Crippen LogP contribution in [0.15, 0.2) is 54.6 Å². The van der Waals surface area contributed by atoms with Crippen molar-refractivity contribution in [1.29, 1.82) is 0 Å². The molecule has 8 rings (SSSR count). The van der Waals surface area contributed by atoms with Crippen molar-refractivity contribution in [2.45, 2.75) is 108 Å². The Hall–Kier alpha value is -4.92. The number of carbonyl (C=O) groups excluding carboxylic acids is 4. The summed E-state index contributed by atoms with van der Waals surface area (Å²) in [6, 6.07) is 14.9. The second kappa shape index (κ2) is 14.5. The number of nitrogens with one attached hydrogen (secondary N) is 3. The second-order valence-electron chi connectivity index (χ2n) is 17.6. The molecule has 4 bridgehead atoms. The standard InChI is InChI=1S/C42H51N5O9S/c1-5-27-21-42(27,38(50)46-57(52,53)30-14-15-30)45-36(48)32-20-29-22-47(32)37(49)35(40(2,3)4)44-39(51)55-24-41(16-9-17-41)23-54-28-12-8-11-26(18-28)34-33(56-29)19-25-10-6-7-13-31(25)43-34/h6-8,10-13,18-19,27,29-30,32,35H,5,9,14-17,20-24H2,1-4H3,(H,44,51)(H,45,48)(H,46,50)/t27-,29?,32+,35-,42?/m1/s1. The Morgan fingerprint density at radius 3 is 2.46 bits per heavy atom. The molecule has 1 aromatic heterocycles. The number of rotatable bonds is 6. The van der Waals surface area contributed by atoms with Crippen LogP contribution in [0.25, 0.3) is 22.2 Å². The molecule has 2 aliphatic heterocycles. The van der Waals surface area contributed by atoms with Gasteiger partial charge in [-0.25, -0.2) is 18.2 Å². The molecular formula is C42H51N5O9S. The molecule has 5 aliphatic rings. The highest BCUT2D eigenvalue weighted by Crippen LogP contribution is 2.47. The first kappa shape index (κ1) is 38.9. The lowest BCUT2D eigenvalue weighted by atomic mass is 9.70. The fraction of sp³-hybridized carbons (Fsp3) is 0.548. The number of hydrogen-bond acceptors (Lipinski definition) is 10. The summed E-state index contributed by atoms with van der Waals surface area (Å²) < 4.78 is 46.7. The minimum absolute atomic E-state index is 0.0226. The number of fused-ring (bicyclic) bond motifs is 7. The molecule has 0 radical (unpaired) electrons. The smallest absolute Gasteiger partial charge is 0.407 e. The van der Waals surface area contributed by atoms with Crippen LogP contribution in [0, 0.1) is 16.7 Å². The number of nitrogens with zero attached hydrogens (tertiary/aromatic N) is 2. The molecule has 57 heavy (non-hydrogen) atoms. The molecule has 1 spiro atoms. The Morgan fingerprint density at radius 2 is 1.77 bits per heavy atom. The normalized spacial score (nSPS) is 27.3. The molecule has 4 fully saturated rings. The summed E-state index contributed by atoms with van der Waals surface area (Å²) in [5.41, 5.74) is -0.586. The van der Waals surface area contributed by atoms with Gasteiger partial charge in [0, 0.05) is 22.8 Å². The van der Waals surface area contributed by atoms with Gasteiger partial charge < -0.3 is 29.7 Å². The number of cyclic esters (lactones) is 1. The van der Waals surface area contributed by atoms with E-state index in [1.54, 1.807) is 0 Å². The van der Waals surface area contributed by atoms with Gasteiger partial charge in [-0.05, 0) is 67.7 Å². The van der Waals surface area contributed by atoms with Crippen LogP contribution < -0.4 is 24.8 Å². The molecule has 3 N–H and O–H groups in total. The Labute approximate surface area is 332 Å². The van der Waals surface area contributed by atoms with Crippen LogP contribution in [-0.2, 0) is 29.1 Å². The zero-order valence-electron chi connectivity index (χ0n) is 32.8. The second-order valence-corrected chi connectivity index (χ2v) is 19.6. The molecule has 3 aromatic rings. The monoisotopic (exact) mass is 801 g/mol. The van der Waals surface area contributed by atoms with Gasteiger partial charge in [-0.2, -0.15) is 0 Å². The number of para-hydroxylation sites is 1. The summed E-state index contributed by atoms with van der Waals surface area (Å²) in [5.74, 6) is -1.12. The highest BCUT2D eigenvalue weighted by molar-refractivity contribution is 7.91. The van der Waals surface area contributed by atoms with Gasteiger partial charge in [-0.15, -0.1) is 0 Å². The molecule has 3 aliphatic carbocycles. The zero-order valence-corrected chi connectivity index (χ0v) is 33.7. The maximum Gasteiger partial charge on any atom is 0.407 e. The molecular weight excluding hydrogens is 751 g/mol. The summed E-state index contributed by atoms with van der Waals surface area (Å²) in [4.78, 5) is 62.8. The van der Waals surface area contributed by atoms with Crippen LogP contribution in [0.1, 0.15) is 79.1 Å². The van der Waals surface area contributed by atoms with Gasteiger partial charge in [-0.3, -0.25) is 19.1 Å². The van der Waals surface area contributed by atoms with Crippen molar-refractivity contribution >= 4 is 44.7 Å². The van der Waals surface area contributed by atoms with Gasteiger partial charge in [-0.1, -0.05) is 70.9 Å². The lowest BCUT2D eigenvalue weighted by Crippen LogP contribution is -2.60. The minimum atomic E-state index is -3.88. The van der Waals surface area contributed by atoms with Gasteiger partial charge in [0.15, 0.2) is 0 Å². The number of aromatic nitrogens is 1. The van der Waals surface area contributed by atoms with E-state index in [-0.39, 0.29) is 37.3 Å². The van der Waals surface area contributed by atoms with E-state index in [0.29, 0.717) is 43.1 Å². The number of alkyl carbamates (subject to hydrolysis) is 1. The molecule has 1 saturated heterocycles. The van der Waals surface area contributed by atoms with Crippen molar-refractivity contribution in [3.05, 3.63) is 54.6 Å². The Bertz CT molecular complexity index is 2220. The lowest BCUT2D eigenvalue weighted by molar-refractivity contribution is -0.143. The first-order valence-electron chi connectivity index (χ1n) is 20.0. The Balaban J connectivity index is 1.16. The van der Waals surface area contributed by atoms with E-state index in [1.807, 2.05) is 82.3 Å². The summed E-state index contributed by atoms with van der Waals surface area (Å²) in [7, 11) is -3.88. The number of benzene rings is 2. The van der Waals surface area contributed by atoms with Gasteiger partial charge in [0.25, 0.3) is 5.91 Å². The number of amides is 4. The van der Waals surface area contributed by atoms with Crippen LogP contribution in [0.4, 0.5) is 4.79 Å². The molecule has 15 heteroatoms. The molecule has 3 saturated carbocycles. The van der Waals surface area contributed by atoms with E-state index in [9.17, 15) is 27.6 Å². The van der Waals surface area contributed by atoms with Crippen LogP contribution in [0.5, 0.6) is 11.5 Å². The van der Waals surface area contributed by atoms with Crippen molar-refractivity contribution < 1.29 is 41.8 Å². The van der Waals surface area contributed by atoms with Crippen molar-refractivity contribution in [3.8, 4) is 22.8 Å². The molecule has 4 amide bonds. The topological polar surface area (TPSA) is 182 Å². The minimum Gasteiger partial charge on any atom is -0.493 e. The number of pyridine rings is 1. The molecule has 14 nitrogen and oxygen atoms in total. The third-order valence-electron chi connectivity index (χ3n) is 12.3. The molecule has 3 heterocycles. The Morgan fingerprint density at radius 1 is 1.02 bits per heavy atom. The first-order chi connectivity index (χ1) is 27.1. The van der Waals surface area contributed by atoms with Crippen molar-refractivity contribution in [2.24, 2.45) is 16.7 Å². The average Bonchev–Trinajstić information content (AvgIpc) is 4.09. The van der Waals surface area contributed by atoms with E-state index >= 15 is 0 Å². The Kier molecular flexibility index (Phi) is 9.89. The third kappa shape index (κ3) is 7.74. The van der Waals surface area contributed by atoms with Gasteiger partial charge in [0.05, 0.1) is 23.9 Å². The summed E-state index contributed by atoms with van der Waals surface area (Å²) in [5, 5.41) is 5.93. The molecule has 304 valence electrons. The predicted molar refractivity (Wildman–Crippen MR) is 211 cm³/mol. The maximum atomic E-state index is 14.8. The van der Waals surface area contributed by atoms with Crippen LogP contribution >= 0.6 is 0 Å². The fourth-order valence-corrected chi connectivity index (χ4v) is 9.78. The molecule has 5 atom stereocenters. The third-order valence-corrected chi connectivity index (χ3v) is 14.1. The summed E-state index contributed by atoms with van der Waals surface area (Å²) >= 11 is 0. The van der Waals surface area contributed by atoms with E-state index in [1.165, 1.54) is 4.90 Å². The van der Waals surface area contributed by atoms with E-state index in [2.05, 4.69) is 15.4 Å². The lowest BCUT2D eigenvalue weighted by Gasteiger charge is -2.41. The van der Waals surface area contributed by atoms with Gasteiger partial charge in [0.2, 0.25) is 21.8 Å². The molecule has 2 unspecified atom stereocenters. The van der Waals surface area contributed by atoms with Gasteiger partial charge in [0.1, 0.15) is 47.5 Å². The predicted octanol–water partition coefficient (Wildman–Crippen LogP) is 4.85.